The number of rotatable bonds is 1. The molecule has 0 unspecified atom stereocenters. The Labute approximate surface area is 192 Å². The van der Waals surface area contributed by atoms with Crippen molar-refractivity contribution in [2.24, 2.45) is 0 Å². The molecule has 8 rings (SSSR count). The smallest absolute Gasteiger partial charge is 0.307 e. The zero-order valence-corrected chi connectivity index (χ0v) is 18.3. The lowest BCUT2D eigenvalue weighted by Crippen LogP contribution is -1.93. The monoisotopic (exact) mass is 440 g/mol. The summed E-state index contributed by atoms with van der Waals surface area (Å²) in [6, 6.07) is 34.8. The van der Waals surface area contributed by atoms with E-state index in [1.807, 2.05) is 6.07 Å². The highest BCUT2D eigenvalue weighted by molar-refractivity contribution is 7.26. The lowest BCUT2D eigenvalue weighted by molar-refractivity contribution is 0.574. The standard InChI is InChI=1S/C29H16N2OS/c1-2-8-18-17(7-1)13-14-22-26(18)19-9-3-5-11-21(19)31(22)29-30-28-23(32-29)15-16-25-27(28)20-10-4-6-12-24(20)33-25/h1-16H. The molecule has 0 saturated carbocycles. The van der Waals surface area contributed by atoms with Crippen LogP contribution >= 0.6 is 11.3 Å². The fourth-order valence-corrected chi connectivity index (χ4v) is 6.34. The Balaban J connectivity index is 1.53. The van der Waals surface area contributed by atoms with Crippen LogP contribution in [0.1, 0.15) is 0 Å². The molecule has 0 fully saturated rings. The first-order valence-corrected chi connectivity index (χ1v) is 11.8. The first kappa shape index (κ1) is 17.4. The molecule has 3 aromatic heterocycles. The summed E-state index contributed by atoms with van der Waals surface area (Å²) in [7, 11) is 0. The van der Waals surface area contributed by atoms with Crippen molar-refractivity contribution >= 4 is 75.2 Å². The third kappa shape index (κ3) is 2.25. The molecule has 0 radical (unpaired) electrons. The molecule has 3 heterocycles. The molecule has 0 amide bonds. The summed E-state index contributed by atoms with van der Waals surface area (Å²) in [5.41, 5.74) is 3.94. The van der Waals surface area contributed by atoms with Crippen molar-refractivity contribution in [3.05, 3.63) is 97.1 Å². The molecule has 0 atom stereocenters. The van der Waals surface area contributed by atoms with Crippen LogP contribution in [0.5, 0.6) is 0 Å². The van der Waals surface area contributed by atoms with E-state index in [2.05, 4.69) is 95.6 Å². The number of aromatic nitrogens is 2. The Morgan fingerprint density at radius 1 is 0.606 bits per heavy atom. The molecule has 3 nitrogen and oxygen atoms in total. The second-order valence-corrected chi connectivity index (χ2v) is 9.50. The number of oxazole rings is 1. The second-order valence-electron chi connectivity index (χ2n) is 8.41. The summed E-state index contributed by atoms with van der Waals surface area (Å²) in [5, 5.41) is 7.32. The van der Waals surface area contributed by atoms with Gasteiger partial charge in [0.1, 0.15) is 5.52 Å². The SMILES string of the molecule is c1ccc2c(c1)ccc1c2c2ccccc2n1-c1nc2c(ccc3sc4ccccc4c32)o1. The highest BCUT2D eigenvalue weighted by atomic mass is 32.1. The van der Waals surface area contributed by atoms with Crippen LogP contribution in [-0.4, -0.2) is 9.55 Å². The first-order valence-electron chi connectivity index (χ1n) is 11.0. The van der Waals surface area contributed by atoms with Gasteiger partial charge in [-0.15, -0.1) is 11.3 Å². The minimum Gasteiger partial charge on any atom is -0.423 e. The molecular weight excluding hydrogens is 424 g/mol. The predicted octanol–water partition coefficient (Wildman–Crippen LogP) is 8.45. The molecule has 0 saturated heterocycles. The highest BCUT2D eigenvalue weighted by Gasteiger charge is 2.20. The van der Waals surface area contributed by atoms with E-state index in [1.165, 1.54) is 41.7 Å². The van der Waals surface area contributed by atoms with Crippen molar-refractivity contribution in [1.82, 2.24) is 9.55 Å². The van der Waals surface area contributed by atoms with Gasteiger partial charge in [-0.25, -0.2) is 0 Å². The van der Waals surface area contributed by atoms with Crippen LogP contribution in [0.2, 0.25) is 0 Å². The van der Waals surface area contributed by atoms with Gasteiger partial charge in [0.2, 0.25) is 0 Å². The number of nitrogens with zero attached hydrogens (tertiary/aromatic N) is 2. The first-order chi connectivity index (χ1) is 16.4. The van der Waals surface area contributed by atoms with Crippen molar-refractivity contribution in [3.63, 3.8) is 0 Å². The maximum Gasteiger partial charge on any atom is 0.307 e. The van der Waals surface area contributed by atoms with E-state index in [0.717, 1.165) is 22.1 Å². The van der Waals surface area contributed by atoms with E-state index in [9.17, 15) is 0 Å². The molecule has 33 heavy (non-hydrogen) atoms. The van der Waals surface area contributed by atoms with E-state index in [1.54, 1.807) is 11.3 Å². The quantitative estimate of drug-likeness (QED) is 0.256. The van der Waals surface area contributed by atoms with Crippen LogP contribution < -0.4 is 0 Å². The summed E-state index contributed by atoms with van der Waals surface area (Å²) in [4.78, 5) is 5.09. The molecule has 0 spiro atoms. The molecule has 0 aliphatic rings. The molecule has 0 aliphatic heterocycles. The Hall–Kier alpha value is -4.15. The van der Waals surface area contributed by atoms with Gasteiger partial charge in [-0.2, -0.15) is 4.98 Å². The number of thiophene rings is 1. The minimum atomic E-state index is 0.606. The predicted molar refractivity (Wildman–Crippen MR) is 139 cm³/mol. The van der Waals surface area contributed by atoms with Crippen LogP contribution in [0.4, 0.5) is 0 Å². The molecule has 8 aromatic rings. The van der Waals surface area contributed by atoms with Crippen molar-refractivity contribution in [2.45, 2.75) is 0 Å². The molecule has 0 bridgehead atoms. The maximum atomic E-state index is 6.42. The van der Waals surface area contributed by atoms with Crippen LogP contribution in [0.25, 0.3) is 69.9 Å². The van der Waals surface area contributed by atoms with Gasteiger partial charge in [-0.1, -0.05) is 66.7 Å². The Morgan fingerprint density at radius 2 is 1.39 bits per heavy atom. The fourth-order valence-electron chi connectivity index (χ4n) is 5.23. The van der Waals surface area contributed by atoms with Crippen LogP contribution in [0.15, 0.2) is 101 Å². The summed E-state index contributed by atoms with van der Waals surface area (Å²) >= 11 is 1.80. The average molecular weight is 441 g/mol. The normalized spacial score (nSPS) is 12.2. The topological polar surface area (TPSA) is 31.0 Å². The number of fused-ring (bicyclic) bond motifs is 10. The van der Waals surface area contributed by atoms with Crippen LogP contribution in [-0.2, 0) is 0 Å². The van der Waals surface area contributed by atoms with Crippen LogP contribution in [0.3, 0.4) is 0 Å². The van der Waals surface area contributed by atoms with Crippen molar-refractivity contribution in [2.75, 3.05) is 0 Å². The molecule has 4 heteroatoms. The van der Waals surface area contributed by atoms with E-state index in [4.69, 9.17) is 9.40 Å². The third-order valence-corrected chi connectivity index (χ3v) is 7.78. The van der Waals surface area contributed by atoms with Gasteiger partial charge < -0.3 is 4.42 Å². The Bertz CT molecular complexity index is 2040. The van der Waals surface area contributed by atoms with Gasteiger partial charge in [0.15, 0.2) is 5.58 Å². The molecule has 5 aromatic carbocycles. The summed E-state index contributed by atoms with van der Waals surface area (Å²) < 4.78 is 11.1. The summed E-state index contributed by atoms with van der Waals surface area (Å²) in [5.74, 6) is 0. The Kier molecular flexibility index (Phi) is 3.28. The zero-order chi connectivity index (χ0) is 21.5. The zero-order valence-electron chi connectivity index (χ0n) is 17.4. The lowest BCUT2D eigenvalue weighted by Gasteiger charge is -2.03. The Morgan fingerprint density at radius 3 is 2.33 bits per heavy atom. The minimum absolute atomic E-state index is 0.606. The van der Waals surface area contributed by atoms with E-state index < -0.39 is 0 Å². The highest BCUT2D eigenvalue weighted by Crippen LogP contribution is 2.40. The second kappa shape index (κ2) is 6.21. The van der Waals surface area contributed by atoms with Crippen molar-refractivity contribution in [1.29, 1.82) is 0 Å². The number of hydrogen-bond donors (Lipinski definition) is 0. The fraction of sp³-hybridized carbons (Fsp3) is 0. The summed E-state index contributed by atoms with van der Waals surface area (Å²) in [6.45, 7) is 0. The third-order valence-electron chi connectivity index (χ3n) is 6.64. The van der Waals surface area contributed by atoms with Crippen molar-refractivity contribution < 1.29 is 4.42 Å². The molecule has 0 aliphatic carbocycles. The van der Waals surface area contributed by atoms with Gasteiger partial charge >= 0.3 is 6.01 Å². The van der Waals surface area contributed by atoms with Crippen molar-refractivity contribution in [3.8, 4) is 6.01 Å². The van der Waals surface area contributed by atoms with Gasteiger partial charge in [0.25, 0.3) is 0 Å². The number of benzene rings is 5. The van der Waals surface area contributed by atoms with E-state index in [0.29, 0.717) is 6.01 Å². The summed E-state index contributed by atoms with van der Waals surface area (Å²) in [6.07, 6.45) is 0. The van der Waals surface area contributed by atoms with Gasteiger partial charge in [-0.3, -0.25) is 4.57 Å². The molecular formula is C29H16N2OS. The maximum absolute atomic E-state index is 6.42. The average Bonchev–Trinajstić information content (AvgIpc) is 3.54. The lowest BCUT2D eigenvalue weighted by atomic mass is 10.0. The molecule has 0 N–H and O–H groups in total. The van der Waals surface area contributed by atoms with E-state index in [-0.39, 0.29) is 0 Å². The van der Waals surface area contributed by atoms with Gasteiger partial charge in [0.05, 0.1) is 11.0 Å². The van der Waals surface area contributed by atoms with Gasteiger partial charge in [0, 0.05) is 30.9 Å². The largest absolute Gasteiger partial charge is 0.423 e. The van der Waals surface area contributed by atoms with E-state index >= 15 is 0 Å². The number of hydrogen-bond acceptors (Lipinski definition) is 3. The molecule has 154 valence electrons. The number of para-hydroxylation sites is 1. The van der Waals surface area contributed by atoms with Gasteiger partial charge in [-0.05, 0) is 41.1 Å². The van der Waals surface area contributed by atoms with Crippen LogP contribution in [0, 0.1) is 0 Å².